The Labute approximate surface area is 191 Å². The van der Waals surface area contributed by atoms with Crippen LogP contribution in [-0.2, 0) is 9.53 Å². The minimum Gasteiger partial charge on any atom is -0.468 e. The lowest BCUT2D eigenvalue weighted by atomic mass is 9.84. The van der Waals surface area contributed by atoms with Crippen molar-refractivity contribution in [1.82, 2.24) is 4.98 Å². The van der Waals surface area contributed by atoms with Crippen LogP contribution in [0.3, 0.4) is 0 Å². The molecule has 0 saturated heterocycles. The number of methoxy groups -OCH3 is 1. The molecule has 3 rings (SSSR count). The Kier molecular flexibility index (Phi) is 7.18. The molecule has 32 heavy (non-hydrogen) atoms. The molecule has 0 aliphatic rings. The van der Waals surface area contributed by atoms with Gasteiger partial charge in [-0.1, -0.05) is 12.1 Å². The van der Waals surface area contributed by atoms with Crippen LogP contribution in [0.2, 0.25) is 0 Å². The van der Waals surface area contributed by atoms with Gasteiger partial charge in [0.25, 0.3) is 0 Å². The monoisotopic (exact) mass is 431 g/mol. The average Bonchev–Trinajstić information content (AvgIpc) is 2.78. The molecule has 0 aliphatic heterocycles. The highest BCUT2D eigenvalue weighted by Gasteiger charge is 2.17. The fourth-order valence-electron chi connectivity index (χ4n) is 4.10. The van der Waals surface area contributed by atoms with Crippen molar-refractivity contribution in [3.8, 4) is 22.3 Å². The van der Waals surface area contributed by atoms with Crippen molar-refractivity contribution >= 4 is 17.5 Å². The van der Waals surface area contributed by atoms with Crippen molar-refractivity contribution in [2.75, 3.05) is 24.3 Å². The normalized spacial score (nSPS) is 10.9. The molecule has 5 nitrogen and oxygen atoms in total. The number of carbonyl (C=O) groups excluding carboxylic acids is 1. The maximum atomic E-state index is 11.4. The molecule has 2 aromatic carbocycles. The van der Waals surface area contributed by atoms with Crippen LogP contribution < -0.4 is 10.6 Å². The Morgan fingerprint density at radius 3 is 1.88 bits per heavy atom. The molecule has 0 saturated carbocycles. The molecule has 1 aromatic heterocycles. The molecule has 0 unspecified atom stereocenters. The molecule has 5 heteroatoms. The molecule has 0 bridgehead atoms. The number of anilines is 2. The maximum Gasteiger partial charge on any atom is 0.325 e. The van der Waals surface area contributed by atoms with Gasteiger partial charge in [-0.2, -0.15) is 0 Å². The van der Waals surface area contributed by atoms with Crippen molar-refractivity contribution in [3.63, 3.8) is 0 Å². The summed E-state index contributed by atoms with van der Waals surface area (Å²) in [5.41, 5.74) is 10.8. The van der Waals surface area contributed by atoms with E-state index in [1.165, 1.54) is 40.5 Å². The van der Waals surface area contributed by atoms with Crippen LogP contribution >= 0.6 is 0 Å². The van der Waals surface area contributed by atoms with E-state index in [0.717, 1.165) is 22.6 Å². The predicted octanol–water partition coefficient (Wildman–Crippen LogP) is 6.05. The van der Waals surface area contributed by atoms with E-state index in [1.54, 1.807) is 0 Å². The zero-order valence-corrected chi connectivity index (χ0v) is 20.1. The Morgan fingerprint density at radius 1 is 0.875 bits per heavy atom. The molecule has 0 radical (unpaired) electrons. The number of rotatable bonds is 7. The van der Waals surface area contributed by atoms with E-state index in [-0.39, 0.29) is 12.5 Å². The Balaban J connectivity index is 1.96. The third kappa shape index (κ3) is 4.93. The predicted molar refractivity (Wildman–Crippen MR) is 133 cm³/mol. The molecule has 2 N–H and O–H groups in total. The van der Waals surface area contributed by atoms with Crippen LogP contribution in [0.15, 0.2) is 42.6 Å². The standard InChI is InChI=1S/C27H33N3O2/c1-16(2)30-24-13-10-22(14-29-24)27-19(5)17(3)26(18(4)20(27)6)21-8-11-23(12-9-21)28-15-25(31)32-7/h8-14,16,28H,15H2,1-7H3,(H,29,30). The Morgan fingerprint density at radius 2 is 1.41 bits per heavy atom. The third-order valence-corrected chi connectivity index (χ3v) is 5.95. The molecule has 0 spiro atoms. The van der Waals surface area contributed by atoms with Crippen LogP contribution in [0.5, 0.6) is 0 Å². The quantitative estimate of drug-likeness (QED) is 0.446. The molecule has 168 valence electrons. The van der Waals surface area contributed by atoms with Gasteiger partial charge in [-0.3, -0.25) is 4.79 Å². The molecular weight excluding hydrogens is 398 g/mol. The van der Waals surface area contributed by atoms with Crippen LogP contribution in [0.25, 0.3) is 22.3 Å². The second kappa shape index (κ2) is 9.86. The van der Waals surface area contributed by atoms with Gasteiger partial charge in [0.15, 0.2) is 0 Å². The van der Waals surface area contributed by atoms with Crippen molar-refractivity contribution < 1.29 is 9.53 Å². The smallest absolute Gasteiger partial charge is 0.325 e. The fourth-order valence-corrected chi connectivity index (χ4v) is 4.10. The van der Waals surface area contributed by atoms with Gasteiger partial charge < -0.3 is 15.4 Å². The van der Waals surface area contributed by atoms with Crippen LogP contribution in [-0.4, -0.2) is 30.6 Å². The van der Waals surface area contributed by atoms with E-state index in [0.29, 0.717) is 6.04 Å². The first kappa shape index (κ1) is 23.3. The summed E-state index contributed by atoms with van der Waals surface area (Å²) < 4.78 is 4.68. The lowest BCUT2D eigenvalue weighted by Gasteiger charge is -2.21. The third-order valence-electron chi connectivity index (χ3n) is 5.95. The number of esters is 1. The molecule has 1 heterocycles. The van der Waals surface area contributed by atoms with E-state index in [9.17, 15) is 4.79 Å². The summed E-state index contributed by atoms with van der Waals surface area (Å²) in [4.78, 5) is 16.0. The summed E-state index contributed by atoms with van der Waals surface area (Å²) in [5.74, 6) is 0.607. The first-order chi connectivity index (χ1) is 15.2. The average molecular weight is 432 g/mol. The molecule has 0 atom stereocenters. The summed E-state index contributed by atoms with van der Waals surface area (Å²) in [7, 11) is 1.39. The number of ether oxygens (including phenoxy) is 1. The number of carbonyl (C=O) groups is 1. The SMILES string of the molecule is COC(=O)CNc1ccc(-c2c(C)c(C)c(-c3ccc(NC(C)C)nc3)c(C)c2C)cc1. The molecule has 0 aliphatic carbocycles. The van der Waals surface area contributed by atoms with Gasteiger partial charge >= 0.3 is 5.97 Å². The van der Waals surface area contributed by atoms with Crippen LogP contribution in [0.1, 0.15) is 36.1 Å². The number of nitrogens with zero attached hydrogens (tertiary/aromatic N) is 1. The van der Waals surface area contributed by atoms with Crippen LogP contribution in [0.4, 0.5) is 11.5 Å². The van der Waals surface area contributed by atoms with Crippen molar-refractivity contribution in [1.29, 1.82) is 0 Å². The zero-order chi connectivity index (χ0) is 23.4. The zero-order valence-electron chi connectivity index (χ0n) is 20.1. The number of pyridine rings is 1. The second-order valence-corrected chi connectivity index (χ2v) is 8.49. The van der Waals surface area contributed by atoms with Crippen molar-refractivity contribution in [2.24, 2.45) is 0 Å². The highest BCUT2D eigenvalue weighted by molar-refractivity contribution is 5.83. The van der Waals surface area contributed by atoms with Gasteiger partial charge in [-0.05, 0) is 105 Å². The van der Waals surface area contributed by atoms with Gasteiger partial charge in [0.2, 0.25) is 0 Å². The van der Waals surface area contributed by atoms with Gasteiger partial charge in [0.1, 0.15) is 12.4 Å². The molecule has 0 fully saturated rings. The Bertz CT molecular complexity index is 1070. The highest BCUT2D eigenvalue weighted by atomic mass is 16.5. The van der Waals surface area contributed by atoms with Crippen molar-refractivity contribution in [2.45, 2.75) is 47.6 Å². The van der Waals surface area contributed by atoms with Gasteiger partial charge in [-0.15, -0.1) is 0 Å². The van der Waals surface area contributed by atoms with Crippen molar-refractivity contribution in [3.05, 3.63) is 64.8 Å². The number of aromatic nitrogens is 1. The van der Waals surface area contributed by atoms with E-state index in [2.05, 4.69) is 80.1 Å². The Hall–Kier alpha value is -3.34. The topological polar surface area (TPSA) is 63.2 Å². The summed E-state index contributed by atoms with van der Waals surface area (Å²) in [6.45, 7) is 13.1. The number of benzene rings is 2. The number of hydrogen-bond donors (Lipinski definition) is 2. The van der Waals surface area contributed by atoms with Gasteiger partial charge in [-0.25, -0.2) is 4.98 Å². The molecule has 0 amide bonds. The highest BCUT2D eigenvalue weighted by Crippen LogP contribution is 2.39. The molecule has 3 aromatic rings. The summed E-state index contributed by atoms with van der Waals surface area (Å²) in [6.07, 6.45) is 1.96. The largest absolute Gasteiger partial charge is 0.468 e. The van der Waals surface area contributed by atoms with E-state index in [4.69, 9.17) is 0 Å². The number of nitrogens with one attached hydrogen (secondary N) is 2. The first-order valence-corrected chi connectivity index (χ1v) is 11.0. The van der Waals surface area contributed by atoms with E-state index in [1.807, 2.05) is 24.4 Å². The summed E-state index contributed by atoms with van der Waals surface area (Å²) >= 11 is 0. The minimum absolute atomic E-state index is 0.153. The van der Waals surface area contributed by atoms with Crippen LogP contribution in [0, 0.1) is 27.7 Å². The summed E-state index contributed by atoms with van der Waals surface area (Å²) in [5, 5.41) is 6.43. The minimum atomic E-state index is -0.287. The molecular formula is C27H33N3O2. The van der Waals surface area contributed by atoms with E-state index < -0.39 is 0 Å². The van der Waals surface area contributed by atoms with Gasteiger partial charge in [0, 0.05) is 23.5 Å². The van der Waals surface area contributed by atoms with E-state index >= 15 is 0 Å². The lowest BCUT2D eigenvalue weighted by Crippen LogP contribution is -2.14. The van der Waals surface area contributed by atoms with Gasteiger partial charge in [0.05, 0.1) is 7.11 Å². The fraction of sp³-hybridized carbons (Fsp3) is 0.333. The second-order valence-electron chi connectivity index (χ2n) is 8.49. The maximum absolute atomic E-state index is 11.4. The first-order valence-electron chi connectivity index (χ1n) is 11.0. The number of hydrogen-bond acceptors (Lipinski definition) is 5. The summed E-state index contributed by atoms with van der Waals surface area (Å²) in [6, 6.07) is 12.7. The lowest BCUT2D eigenvalue weighted by molar-refractivity contribution is -0.138.